The van der Waals surface area contributed by atoms with Crippen LogP contribution in [0.3, 0.4) is 0 Å². The molecule has 4 nitrogen and oxygen atoms in total. The van der Waals surface area contributed by atoms with Crippen molar-refractivity contribution >= 4 is 11.6 Å². The normalized spacial score (nSPS) is 11.0. The van der Waals surface area contributed by atoms with Gasteiger partial charge in [-0.25, -0.2) is 0 Å². The van der Waals surface area contributed by atoms with E-state index in [4.69, 9.17) is 25.5 Å². The summed E-state index contributed by atoms with van der Waals surface area (Å²) in [6, 6.07) is 11.6. The van der Waals surface area contributed by atoms with Crippen LogP contribution in [0.2, 0.25) is 5.02 Å². The molecule has 0 amide bonds. The quantitative estimate of drug-likeness (QED) is 0.676. The molecule has 0 aliphatic heterocycles. The van der Waals surface area contributed by atoms with E-state index in [1.165, 1.54) is 0 Å². The monoisotopic (exact) mass is 323 g/mol. The summed E-state index contributed by atoms with van der Waals surface area (Å²) in [6.07, 6.45) is 0.960. The minimum absolute atomic E-state index is 0.643. The van der Waals surface area contributed by atoms with Crippen LogP contribution in [-0.2, 0) is 16.0 Å². The van der Waals surface area contributed by atoms with E-state index in [0.717, 1.165) is 36.7 Å². The van der Waals surface area contributed by atoms with Crippen molar-refractivity contribution in [2.75, 3.05) is 33.5 Å². The molecule has 0 saturated carbocycles. The van der Waals surface area contributed by atoms with Crippen LogP contribution in [0.1, 0.15) is 12.2 Å². The topological polar surface area (TPSA) is 43.6 Å². The lowest BCUT2D eigenvalue weighted by Gasteiger charge is -2.04. The van der Waals surface area contributed by atoms with Gasteiger partial charge in [0.25, 0.3) is 0 Å². The summed E-state index contributed by atoms with van der Waals surface area (Å²) < 4.78 is 16.1. The standard InChI is InChI=1S/C17H22ClNO3/c1-20-11-12-21-10-4-9-19-13-14-7-8-17(22-14)15-5-2-3-6-16(15)18/h2-3,5-8,19H,4,9-13H2,1H3. The van der Waals surface area contributed by atoms with Crippen LogP contribution in [0.15, 0.2) is 40.8 Å². The van der Waals surface area contributed by atoms with Crippen LogP contribution in [0.4, 0.5) is 0 Å². The van der Waals surface area contributed by atoms with Crippen LogP contribution in [0.5, 0.6) is 0 Å². The molecule has 0 spiro atoms. The van der Waals surface area contributed by atoms with Gasteiger partial charge in [-0.15, -0.1) is 0 Å². The van der Waals surface area contributed by atoms with Crippen molar-refractivity contribution in [3.8, 4) is 11.3 Å². The van der Waals surface area contributed by atoms with Crippen molar-refractivity contribution in [1.82, 2.24) is 5.32 Å². The second-order valence-corrected chi connectivity index (χ2v) is 5.29. The first-order valence-electron chi connectivity index (χ1n) is 7.42. The molecule has 0 saturated heterocycles. The Labute approximate surface area is 136 Å². The number of methoxy groups -OCH3 is 1. The van der Waals surface area contributed by atoms with Crippen LogP contribution in [0.25, 0.3) is 11.3 Å². The highest BCUT2D eigenvalue weighted by Crippen LogP contribution is 2.28. The van der Waals surface area contributed by atoms with Crippen molar-refractivity contribution in [2.24, 2.45) is 0 Å². The lowest BCUT2D eigenvalue weighted by molar-refractivity contribution is 0.0694. The Morgan fingerprint density at radius 1 is 1.09 bits per heavy atom. The molecule has 0 bridgehead atoms. The Kier molecular flexibility index (Phi) is 7.46. The number of halogens is 1. The van der Waals surface area contributed by atoms with Gasteiger partial charge >= 0.3 is 0 Å². The van der Waals surface area contributed by atoms with E-state index in [1.807, 2.05) is 36.4 Å². The lowest BCUT2D eigenvalue weighted by Crippen LogP contribution is -2.16. The van der Waals surface area contributed by atoms with Crippen LogP contribution in [-0.4, -0.2) is 33.5 Å². The maximum atomic E-state index is 6.17. The van der Waals surface area contributed by atoms with E-state index >= 15 is 0 Å². The fourth-order valence-electron chi connectivity index (χ4n) is 2.03. The molecule has 22 heavy (non-hydrogen) atoms. The molecular weight excluding hydrogens is 302 g/mol. The molecule has 1 N–H and O–H groups in total. The lowest BCUT2D eigenvalue weighted by atomic mass is 10.2. The molecule has 0 aliphatic rings. The van der Waals surface area contributed by atoms with E-state index in [0.29, 0.717) is 24.8 Å². The number of benzene rings is 1. The van der Waals surface area contributed by atoms with Gasteiger partial charge in [0.05, 0.1) is 24.8 Å². The average Bonchev–Trinajstić information content (AvgIpc) is 2.99. The number of furan rings is 1. The maximum Gasteiger partial charge on any atom is 0.135 e. The summed E-state index contributed by atoms with van der Waals surface area (Å²) in [5.74, 6) is 1.69. The zero-order chi connectivity index (χ0) is 15.6. The Bertz CT molecular complexity index is 556. The fourth-order valence-corrected chi connectivity index (χ4v) is 2.26. The first-order chi connectivity index (χ1) is 10.8. The van der Waals surface area contributed by atoms with E-state index in [9.17, 15) is 0 Å². The Hall–Kier alpha value is -1.33. The van der Waals surface area contributed by atoms with Gasteiger partial charge in [-0.3, -0.25) is 0 Å². The second kappa shape index (κ2) is 9.64. The summed E-state index contributed by atoms with van der Waals surface area (Å²) in [5.41, 5.74) is 0.918. The van der Waals surface area contributed by atoms with Gasteiger partial charge in [-0.05, 0) is 37.2 Å². The van der Waals surface area contributed by atoms with Crippen molar-refractivity contribution in [3.05, 3.63) is 47.2 Å². The molecule has 1 aromatic heterocycles. The molecule has 120 valence electrons. The summed E-state index contributed by atoms with van der Waals surface area (Å²) in [4.78, 5) is 0. The minimum Gasteiger partial charge on any atom is -0.460 e. The third kappa shape index (κ3) is 5.46. The van der Waals surface area contributed by atoms with Gasteiger partial charge in [0, 0.05) is 19.3 Å². The van der Waals surface area contributed by atoms with Crippen molar-refractivity contribution in [3.63, 3.8) is 0 Å². The summed E-state index contributed by atoms with van der Waals surface area (Å²) in [7, 11) is 1.67. The predicted octanol–water partition coefficient (Wildman–Crippen LogP) is 3.74. The Morgan fingerprint density at radius 3 is 2.77 bits per heavy atom. The number of hydrogen-bond donors (Lipinski definition) is 1. The molecule has 1 aromatic carbocycles. The highest BCUT2D eigenvalue weighted by Gasteiger charge is 2.07. The highest BCUT2D eigenvalue weighted by molar-refractivity contribution is 6.33. The second-order valence-electron chi connectivity index (χ2n) is 4.88. The number of hydrogen-bond acceptors (Lipinski definition) is 4. The van der Waals surface area contributed by atoms with Crippen LogP contribution >= 0.6 is 11.6 Å². The molecule has 2 aromatic rings. The van der Waals surface area contributed by atoms with Gasteiger partial charge in [-0.2, -0.15) is 0 Å². The molecule has 2 rings (SSSR count). The third-order valence-electron chi connectivity index (χ3n) is 3.17. The van der Waals surface area contributed by atoms with Gasteiger partial charge < -0.3 is 19.2 Å². The molecule has 1 heterocycles. The largest absolute Gasteiger partial charge is 0.460 e. The zero-order valence-electron chi connectivity index (χ0n) is 12.8. The Balaban J connectivity index is 1.69. The van der Waals surface area contributed by atoms with E-state index in [-0.39, 0.29) is 0 Å². The smallest absolute Gasteiger partial charge is 0.135 e. The SMILES string of the molecule is COCCOCCCNCc1ccc(-c2ccccc2Cl)o1. The third-order valence-corrected chi connectivity index (χ3v) is 3.50. The van der Waals surface area contributed by atoms with Gasteiger partial charge in [0.15, 0.2) is 0 Å². The van der Waals surface area contributed by atoms with Gasteiger partial charge in [-0.1, -0.05) is 23.7 Å². The molecule has 5 heteroatoms. The molecule has 0 atom stereocenters. The first kappa shape index (κ1) is 17.0. The molecule has 0 unspecified atom stereocenters. The van der Waals surface area contributed by atoms with Crippen molar-refractivity contribution in [1.29, 1.82) is 0 Å². The number of nitrogens with one attached hydrogen (secondary N) is 1. The highest BCUT2D eigenvalue weighted by atomic mass is 35.5. The van der Waals surface area contributed by atoms with Crippen LogP contribution in [0, 0.1) is 0 Å². The fraction of sp³-hybridized carbons (Fsp3) is 0.412. The van der Waals surface area contributed by atoms with E-state index < -0.39 is 0 Å². The molecular formula is C17H22ClNO3. The molecule has 0 radical (unpaired) electrons. The summed E-state index contributed by atoms with van der Waals surface area (Å²) in [5, 5.41) is 4.03. The summed E-state index contributed by atoms with van der Waals surface area (Å²) >= 11 is 6.17. The minimum atomic E-state index is 0.643. The number of ether oxygens (including phenoxy) is 2. The van der Waals surface area contributed by atoms with Gasteiger partial charge in [0.1, 0.15) is 11.5 Å². The van der Waals surface area contributed by atoms with Crippen molar-refractivity contribution < 1.29 is 13.9 Å². The maximum absolute atomic E-state index is 6.17. The average molecular weight is 324 g/mol. The summed E-state index contributed by atoms with van der Waals surface area (Å²) in [6.45, 7) is 3.61. The molecule has 0 aliphatic carbocycles. The van der Waals surface area contributed by atoms with E-state index in [2.05, 4.69) is 5.32 Å². The number of rotatable bonds is 10. The van der Waals surface area contributed by atoms with Crippen LogP contribution < -0.4 is 5.32 Å². The van der Waals surface area contributed by atoms with E-state index in [1.54, 1.807) is 7.11 Å². The van der Waals surface area contributed by atoms with Crippen molar-refractivity contribution in [2.45, 2.75) is 13.0 Å². The van der Waals surface area contributed by atoms with Gasteiger partial charge in [0.2, 0.25) is 0 Å². The first-order valence-corrected chi connectivity index (χ1v) is 7.80. The zero-order valence-corrected chi connectivity index (χ0v) is 13.6. The molecule has 0 fully saturated rings. The Morgan fingerprint density at radius 2 is 1.95 bits per heavy atom. The predicted molar refractivity (Wildman–Crippen MR) is 88.2 cm³/mol.